The summed E-state index contributed by atoms with van der Waals surface area (Å²) in [4.78, 5) is 13.6. The summed E-state index contributed by atoms with van der Waals surface area (Å²) in [6, 6.07) is 9.03. The Morgan fingerprint density at radius 2 is 2.03 bits per heavy atom. The highest BCUT2D eigenvalue weighted by Gasteiger charge is 2.23. The molecule has 3 aromatic rings. The van der Waals surface area contributed by atoms with E-state index in [4.69, 9.17) is 9.73 Å². The molecule has 9 heteroatoms. The van der Waals surface area contributed by atoms with Crippen LogP contribution < -0.4 is 14.9 Å². The molecule has 29 heavy (non-hydrogen) atoms. The van der Waals surface area contributed by atoms with Gasteiger partial charge >= 0.3 is 0 Å². The molecule has 2 N–H and O–H groups in total. The molecule has 0 spiro atoms. The highest BCUT2D eigenvalue weighted by atomic mass is 35.5. The summed E-state index contributed by atoms with van der Waals surface area (Å²) in [5.41, 5.74) is 3.01. The van der Waals surface area contributed by atoms with E-state index in [1.54, 1.807) is 13.2 Å². The molecule has 0 saturated carbocycles. The molecular weight excluding hydrogens is 394 g/mol. The number of hydrogen-bond donors (Lipinski definition) is 2. The average Bonchev–Trinajstić information content (AvgIpc) is 2.68. The third-order valence-electron chi connectivity index (χ3n) is 4.95. The van der Waals surface area contributed by atoms with Crippen molar-refractivity contribution in [1.29, 1.82) is 0 Å². The van der Waals surface area contributed by atoms with Crippen molar-refractivity contribution in [3.05, 3.63) is 35.5 Å². The van der Waals surface area contributed by atoms with Crippen LogP contribution in [-0.4, -0.2) is 55.7 Å². The lowest BCUT2D eigenvalue weighted by molar-refractivity contribution is -0.990. The van der Waals surface area contributed by atoms with E-state index in [0.717, 1.165) is 41.7 Å². The minimum Gasteiger partial charge on any atom is -0.595 e. The Morgan fingerprint density at radius 1 is 1.24 bits per heavy atom. The van der Waals surface area contributed by atoms with Crippen LogP contribution in [0.5, 0.6) is 5.75 Å². The second kappa shape index (κ2) is 8.48. The lowest BCUT2D eigenvalue weighted by Crippen LogP contribution is -2.99. The number of rotatable bonds is 6. The van der Waals surface area contributed by atoms with E-state index in [1.165, 1.54) is 0 Å². The summed E-state index contributed by atoms with van der Waals surface area (Å²) < 4.78 is 5.35. The van der Waals surface area contributed by atoms with Gasteiger partial charge < -0.3 is 19.7 Å². The number of aromatic nitrogens is 1. The van der Waals surface area contributed by atoms with E-state index in [9.17, 15) is 10.4 Å². The first-order valence-electron chi connectivity index (χ1n) is 9.13. The van der Waals surface area contributed by atoms with Crippen LogP contribution in [0.4, 0.5) is 17.1 Å². The van der Waals surface area contributed by atoms with Gasteiger partial charge in [0.1, 0.15) is 11.3 Å². The van der Waals surface area contributed by atoms with Crippen molar-refractivity contribution < 1.29 is 15.2 Å². The molecule has 2 heterocycles. The molecule has 0 amide bonds. The standard InChI is InChI=1S/C20H23N5O3.ClH/c1-23(2)9-4-10-24-12-21-19-14-11-13(28-3)5-6-15(14)22-20-17(25(26)27)8-7-16(24)18(19)20;/h5-8,11-12,25-26H,4,9-10H2,1-3H3;1H. The maximum atomic E-state index is 11.8. The third kappa shape index (κ3) is 3.85. The molecule has 4 rings (SSSR count). The van der Waals surface area contributed by atoms with Gasteiger partial charge in [0.15, 0.2) is 5.69 Å². The highest BCUT2D eigenvalue weighted by molar-refractivity contribution is 6.18. The minimum absolute atomic E-state index is 0. The van der Waals surface area contributed by atoms with Crippen LogP contribution in [0, 0.1) is 5.21 Å². The van der Waals surface area contributed by atoms with Gasteiger partial charge in [-0.3, -0.25) is 0 Å². The number of fused-ring (bicyclic) bond motifs is 2. The van der Waals surface area contributed by atoms with E-state index in [2.05, 4.69) is 14.8 Å². The quantitative estimate of drug-likeness (QED) is 0.473. The Morgan fingerprint density at radius 3 is 2.72 bits per heavy atom. The second-order valence-electron chi connectivity index (χ2n) is 7.10. The number of halogens is 1. The van der Waals surface area contributed by atoms with Crippen molar-refractivity contribution in [2.45, 2.75) is 6.42 Å². The molecule has 1 atom stereocenters. The Labute approximate surface area is 175 Å². The lowest BCUT2D eigenvalue weighted by atomic mass is 10.0. The van der Waals surface area contributed by atoms with Crippen LogP contribution in [0.25, 0.3) is 21.8 Å². The van der Waals surface area contributed by atoms with Crippen LogP contribution in [-0.2, 0) is 0 Å². The third-order valence-corrected chi connectivity index (χ3v) is 4.95. The van der Waals surface area contributed by atoms with Crippen LogP contribution in [0.3, 0.4) is 0 Å². The fourth-order valence-corrected chi connectivity index (χ4v) is 3.59. The molecular formula is C20H24ClN5O3. The van der Waals surface area contributed by atoms with E-state index >= 15 is 0 Å². The smallest absolute Gasteiger partial charge is 0.190 e. The minimum atomic E-state index is -0.994. The molecule has 154 valence electrons. The SMILES string of the molecule is COc1ccc2nc3c([NH+]([O-])O)ccc4c3c(c2c1)N=CN4CCCN(C)C.Cl. The molecule has 0 radical (unpaired) electrons. The Hall–Kier alpha value is -2.49. The predicted molar refractivity (Wildman–Crippen MR) is 117 cm³/mol. The van der Waals surface area contributed by atoms with E-state index in [-0.39, 0.29) is 18.1 Å². The van der Waals surface area contributed by atoms with Crippen molar-refractivity contribution >= 4 is 57.6 Å². The number of nitrogens with zero attached hydrogens (tertiary/aromatic N) is 4. The molecule has 1 unspecified atom stereocenters. The molecule has 1 aliphatic rings. The first kappa shape index (κ1) is 21.2. The van der Waals surface area contributed by atoms with Crippen LogP contribution >= 0.6 is 12.4 Å². The number of nitrogens with one attached hydrogen (secondary N) is 1. The van der Waals surface area contributed by atoms with Gasteiger partial charge in [-0.25, -0.2) is 15.2 Å². The zero-order chi connectivity index (χ0) is 19.8. The zero-order valence-electron chi connectivity index (χ0n) is 16.5. The first-order chi connectivity index (χ1) is 13.5. The Balaban J connectivity index is 0.00000240. The summed E-state index contributed by atoms with van der Waals surface area (Å²) >= 11 is 0. The van der Waals surface area contributed by atoms with Crippen molar-refractivity contribution in [2.24, 2.45) is 4.99 Å². The van der Waals surface area contributed by atoms with E-state index in [1.807, 2.05) is 44.7 Å². The molecule has 0 aliphatic carbocycles. The summed E-state index contributed by atoms with van der Waals surface area (Å²) in [6.45, 7) is 1.75. The largest absolute Gasteiger partial charge is 0.595 e. The molecule has 1 aliphatic heterocycles. The Bertz CT molecular complexity index is 1070. The summed E-state index contributed by atoms with van der Waals surface area (Å²) in [5, 5.41) is 22.1. The summed E-state index contributed by atoms with van der Waals surface area (Å²) in [7, 11) is 5.71. The molecule has 2 aromatic carbocycles. The monoisotopic (exact) mass is 417 g/mol. The number of aliphatic imine (C=N–C) groups is 1. The van der Waals surface area contributed by atoms with Gasteiger partial charge in [0, 0.05) is 18.0 Å². The number of ether oxygens (including phenoxy) is 1. The Kier molecular flexibility index (Phi) is 6.21. The number of pyridine rings is 1. The second-order valence-corrected chi connectivity index (χ2v) is 7.10. The molecule has 8 nitrogen and oxygen atoms in total. The van der Waals surface area contributed by atoms with Crippen molar-refractivity contribution in [2.75, 3.05) is 39.2 Å². The van der Waals surface area contributed by atoms with Crippen LogP contribution in [0.1, 0.15) is 6.42 Å². The van der Waals surface area contributed by atoms with Gasteiger partial charge in [-0.2, -0.15) is 5.23 Å². The van der Waals surface area contributed by atoms with E-state index in [0.29, 0.717) is 16.8 Å². The molecule has 1 aromatic heterocycles. The highest BCUT2D eigenvalue weighted by Crippen LogP contribution is 2.43. The maximum Gasteiger partial charge on any atom is 0.190 e. The van der Waals surface area contributed by atoms with Crippen molar-refractivity contribution in [3.63, 3.8) is 0 Å². The van der Waals surface area contributed by atoms with Gasteiger partial charge in [-0.15, -0.1) is 12.4 Å². The van der Waals surface area contributed by atoms with Crippen LogP contribution in [0.2, 0.25) is 0 Å². The first-order valence-corrected chi connectivity index (χ1v) is 9.13. The number of hydrogen-bond acceptors (Lipinski definition) is 7. The topological polar surface area (TPSA) is 88.7 Å². The van der Waals surface area contributed by atoms with Gasteiger partial charge in [0.2, 0.25) is 0 Å². The number of methoxy groups -OCH3 is 1. The number of quaternary nitrogens is 1. The van der Waals surface area contributed by atoms with Gasteiger partial charge in [0.05, 0.1) is 35.7 Å². The molecule has 0 fully saturated rings. The molecule has 0 bridgehead atoms. The number of benzene rings is 2. The summed E-state index contributed by atoms with van der Waals surface area (Å²) in [5.74, 6) is 0.712. The van der Waals surface area contributed by atoms with Crippen molar-refractivity contribution in [1.82, 2.24) is 9.88 Å². The number of anilines is 1. The predicted octanol–water partition coefficient (Wildman–Crippen LogP) is 2.65. The van der Waals surface area contributed by atoms with Crippen molar-refractivity contribution in [3.8, 4) is 5.75 Å². The van der Waals surface area contributed by atoms with Gasteiger partial charge in [-0.05, 0) is 51.3 Å². The fourth-order valence-electron chi connectivity index (χ4n) is 3.59. The van der Waals surface area contributed by atoms with Gasteiger partial charge in [0.25, 0.3) is 0 Å². The zero-order valence-corrected chi connectivity index (χ0v) is 17.4. The van der Waals surface area contributed by atoms with E-state index < -0.39 is 5.23 Å². The molecule has 0 saturated heterocycles. The lowest BCUT2D eigenvalue weighted by Gasteiger charge is -2.27. The average molecular weight is 418 g/mol. The normalized spacial score (nSPS) is 13.8. The van der Waals surface area contributed by atoms with Gasteiger partial charge in [-0.1, -0.05) is 0 Å². The fraction of sp³-hybridized carbons (Fsp3) is 0.300. The maximum absolute atomic E-state index is 11.8. The summed E-state index contributed by atoms with van der Waals surface area (Å²) in [6.07, 6.45) is 2.79. The van der Waals surface area contributed by atoms with Crippen LogP contribution in [0.15, 0.2) is 35.3 Å².